The second-order valence-electron chi connectivity index (χ2n) is 6.81. The van der Waals surface area contributed by atoms with Crippen molar-refractivity contribution in [3.8, 4) is 0 Å². The number of carbonyl (C=O) groups is 2. The van der Waals surface area contributed by atoms with Gasteiger partial charge in [-0.1, -0.05) is 11.3 Å². The maximum atomic E-state index is 12.4. The number of esters is 1. The van der Waals surface area contributed by atoms with Crippen LogP contribution in [0.4, 0.5) is 5.69 Å². The number of benzene rings is 2. The molecule has 0 unspecified atom stereocenters. The SMILES string of the molecule is CCOC(=O)Cn1c(=NC(=O)C=Cc2ccc([N+](=O)[O-])cc2)sc2cc(S(C)(=O)=O)ccc21. The van der Waals surface area contributed by atoms with E-state index in [4.69, 9.17) is 4.74 Å². The van der Waals surface area contributed by atoms with Crippen LogP contribution in [0.25, 0.3) is 16.3 Å². The van der Waals surface area contributed by atoms with Gasteiger partial charge in [0.25, 0.3) is 11.6 Å². The molecule has 1 amide bonds. The van der Waals surface area contributed by atoms with E-state index in [1.165, 1.54) is 53.1 Å². The number of hydrogen-bond donors (Lipinski definition) is 0. The average Bonchev–Trinajstić information content (AvgIpc) is 3.08. The van der Waals surface area contributed by atoms with Crippen LogP contribution in [0.5, 0.6) is 0 Å². The number of nitro groups is 1. The summed E-state index contributed by atoms with van der Waals surface area (Å²) in [6.45, 7) is 1.65. The summed E-state index contributed by atoms with van der Waals surface area (Å²) >= 11 is 1.06. The highest BCUT2D eigenvalue weighted by atomic mass is 32.2. The molecule has 10 nitrogen and oxygen atoms in total. The van der Waals surface area contributed by atoms with Gasteiger partial charge >= 0.3 is 5.97 Å². The van der Waals surface area contributed by atoms with E-state index in [-0.39, 0.29) is 28.5 Å². The van der Waals surface area contributed by atoms with E-state index in [2.05, 4.69) is 4.99 Å². The Labute approximate surface area is 192 Å². The molecule has 1 aromatic heterocycles. The van der Waals surface area contributed by atoms with Crippen molar-refractivity contribution >= 4 is 55.0 Å². The summed E-state index contributed by atoms with van der Waals surface area (Å²) in [6.07, 6.45) is 3.74. The number of aromatic nitrogens is 1. The van der Waals surface area contributed by atoms with Gasteiger partial charge in [0, 0.05) is 24.5 Å². The third-order valence-corrected chi connectivity index (χ3v) is 6.55. The van der Waals surface area contributed by atoms with Crippen LogP contribution in [0, 0.1) is 10.1 Å². The molecular weight excluding hydrogens is 470 g/mol. The lowest BCUT2D eigenvalue weighted by Crippen LogP contribution is -2.22. The Kier molecular flexibility index (Phi) is 7.19. The van der Waals surface area contributed by atoms with Crippen molar-refractivity contribution in [2.75, 3.05) is 12.9 Å². The number of sulfone groups is 1. The van der Waals surface area contributed by atoms with E-state index < -0.39 is 26.6 Å². The number of nitrogens with zero attached hydrogens (tertiary/aromatic N) is 3. The van der Waals surface area contributed by atoms with Gasteiger partial charge in [0.1, 0.15) is 6.54 Å². The van der Waals surface area contributed by atoms with Gasteiger partial charge in [-0.25, -0.2) is 8.42 Å². The molecule has 2 aromatic carbocycles. The standard InChI is InChI=1S/C21H19N3O7S2/c1-3-31-20(26)13-23-17-10-9-16(33(2,29)30)12-18(17)32-21(23)22-19(25)11-6-14-4-7-15(8-5-14)24(27)28/h4-12H,3,13H2,1-2H3. The molecule has 172 valence electrons. The summed E-state index contributed by atoms with van der Waals surface area (Å²) in [5.41, 5.74) is 1.03. The fraction of sp³-hybridized carbons (Fsp3) is 0.190. The maximum absolute atomic E-state index is 12.4. The molecule has 0 aliphatic heterocycles. The molecule has 12 heteroatoms. The first-order valence-electron chi connectivity index (χ1n) is 9.59. The van der Waals surface area contributed by atoms with E-state index in [1.54, 1.807) is 13.0 Å². The molecule has 0 saturated heterocycles. The van der Waals surface area contributed by atoms with Crippen molar-refractivity contribution < 1.29 is 27.7 Å². The molecule has 3 aromatic rings. The lowest BCUT2D eigenvalue weighted by molar-refractivity contribution is -0.384. The molecule has 0 saturated carbocycles. The molecule has 0 aliphatic carbocycles. The molecule has 0 aliphatic rings. The molecule has 0 radical (unpaired) electrons. The number of thiazole rings is 1. The normalized spacial score (nSPS) is 12.4. The van der Waals surface area contributed by atoms with Crippen LogP contribution >= 0.6 is 11.3 Å². The summed E-state index contributed by atoms with van der Waals surface area (Å²) in [4.78, 5) is 39.1. The zero-order valence-electron chi connectivity index (χ0n) is 17.6. The molecule has 0 fully saturated rings. The van der Waals surface area contributed by atoms with Gasteiger partial charge in [-0.15, -0.1) is 0 Å². The third kappa shape index (κ3) is 5.99. The van der Waals surface area contributed by atoms with Crippen molar-refractivity contribution in [2.45, 2.75) is 18.4 Å². The van der Waals surface area contributed by atoms with Crippen LogP contribution < -0.4 is 4.80 Å². The van der Waals surface area contributed by atoms with Crippen LogP contribution in [-0.4, -0.2) is 42.6 Å². The van der Waals surface area contributed by atoms with Gasteiger partial charge < -0.3 is 9.30 Å². The second-order valence-corrected chi connectivity index (χ2v) is 9.83. The highest BCUT2D eigenvalue weighted by Gasteiger charge is 2.15. The summed E-state index contributed by atoms with van der Waals surface area (Å²) in [5, 5.41) is 10.7. The van der Waals surface area contributed by atoms with Gasteiger partial charge in [0.2, 0.25) is 0 Å². The molecular formula is C21H19N3O7S2. The van der Waals surface area contributed by atoms with Crippen molar-refractivity contribution in [3.05, 3.63) is 69.0 Å². The molecule has 0 bridgehead atoms. The predicted octanol–water partition coefficient (Wildman–Crippen LogP) is 2.72. The van der Waals surface area contributed by atoms with Gasteiger partial charge in [-0.3, -0.25) is 19.7 Å². The largest absolute Gasteiger partial charge is 0.465 e. The topological polar surface area (TPSA) is 138 Å². The van der Waals surface area contributed by atoms with Gasteiger partial charge in [0.05, 0.1) is 26.6 Å². The smallest absolute Gasteiger partial charge is 0.326 e. The maximum Gasteiger partial charge on any atom is 0.326 e. The Hall–Kier alpha value is -3.64. The summed E-state index contributed by atoms with van der Waals surface area (Å²) in [7, 11) is -3.45. The Balaban J connectivity index is 2.00. The first kappa shape index (κ1) is 24.0. The van der Waals surface area contributed by atoms with Gasteiger partial charge in [0.15, 0.2) is 14.6 Å². The van der Waals surface area contributed by atoms with Crippen LogP contribution in [0.2, 0.25) is 0 Å². The fourth-order valence-electron chi connectivity index (χ4n) is 2.86. The quantitative estimate of drug-likeness (QED) is 0.215. The van der Waals surface area contributed by atoms with Gasteiger partial charge in [-0.05, 0) is 48.9 Å². The van der Waals surface area contributed by atoms with E-state index in [1.807, 2.05) is 0 Å². The number of ether oxygens (including phenoxy) is 1. The molecule has 1 heterocycles. The number of non-ortho nitro benzene ring substituents is 1. The Morgan fingerprint density at radius 2 is 1.91 bits per heavy atom. The first-order valence-corrected chi connectivity index (χ1v) is 12.3. The molecule has 0 N–H and O–H groups in total. The zero-order chi connectivity index (χ0) is 24.2. The van der Waals surface area contributed by atoms with E-state index in [0.29, 0.717) is 15.8 Å². The number of rotatable bonds is 7. The number of nitro benzene ring substituents is 1. The third-order valence-electron chi connectivity index (χ3n) is 4.40. The Bertz CT molecular complexity index is 1430. The summed E-state index contributed by atoms with van der Waals surface area (Å²) in [6, 6.07) is 10.1. The number of hydrogen-bond acceptors (Lipinski definition) is 8. The van der Waals surface area contributed by atoms with Crippen molar-refractivity contribution in [3.63, 3.8) is 0 Å². The highest BCUT2D eigenvalue weighted by Crippen LogP contribution is 2.22. The zero-order valence-corrected chi connectivity index (χ0v) is 19.3. The summed E-state index contributed by atoms with van der Waals surface area (Å²) < 4.78 is 30.8. The highest BCUT2D eigenvalue weighted by molar-refractivity contribution is 7.90. The van der Waals surface area contributed by atoms with E-state index >= 15 is 0 Å². The lowest BCUT2D eigenvalue weighted by Gasteiger charge is -2.05. The molecule has 3 rings (SSSR count). The summed E-state index contributed by atoms with van der Waals surface area (Å²) in [5.74, 6) is -1.15. The minimum atomic E-state index is -3.45. The van der Waals surface area contributed by atoms with Crippen molar-refractivity contribution in [1.29, 1.82) is 0 Å². The van der Waals surface area contributed by atoms with Crippen LogP contribution in [0.15, 0.2) is 58.4 Å². The van der Waals surface area contributed by atoms with Crippen molar-refractivity contribution in [1.82, 2.24) is 4.57 Å². The van der Waals surface area contributed by atoms with E-state index in [9.17, 15) is 28.1 Å². The van der Waals surface area contributed by atoms with Crippen LogP contribution in [0.1, 0.15) is 12.5 Å². The van der Waals surface area contributed by atoms with Gasteiger partial charge in [-0.2, -0.15) is 4.99 Å². The first-order chi connectivity index (χ1) is 15.6. The molecule has 0 spiro atoms. The predicted molar refractivity (Wildman–Crippen MR) is 122 cm³/mol. The Morgan fingerprint density at radius 3 is 2.52 bits per heavy atom. The Morgan fingerprint density at radius 1 is 1.21 bits per heavy atom. The van der Waals surface area contributed by atoms with Crippen LogP contribution in [-0.2, 0) is 30.7 Å². The minimum Gasteiger partial charge on any atom is -0.465 e. The molecule has 0 atom stereocenters. The lowest BCUT2D eigenvalue weighted by atomic mass is 10.2. The van der Waals surface area contributed by atoms with E-state index in [0.717, 1.165) is 17.6 Å². The second kappa shape index (κ2) is 9.88. The number of amides is 1. The number of fused-ring (bicyclic) bond motifs is 1. The minimum absolute atomic E-state index is 0.0677. The monoisotopic (exact) mass is 489 g/mol. The number of carbonyl (C=O) groups excluding carboxylic acids is 2. The molecule has 33 heavy (non-hydrogen) atoms. The fourth-order valence-corrected chi connectivity index (χ4v) is 4.66. The van der Waals surface area contributed by atoms with Crippen LogP contribution in [0.3, 0.4) is 0 Å². The average molecular weight is 490 g/mol. The van der Waals surface area contributed by atoms with Crippen molar-refractivity contribution in [2.24, 2.45) is 4.99 Å².